The van der Waals surface area contributed by atoms with Gasteiger partial charge in [0.05, 0.1) is 11.5 Å². The van der Waals surface area contributed by atoms with Crippen LogP contribution in [0.2, 0.25) is 0 Å². The van der Waals surface area contributed by atoms with Crippen molar-refractivity contribution in [3.05, 3.63) is 29.8 Å². The molecule has 1 aromatic rings. The van der Waals surface area contributed by atoms with Crippen LogP contribution in [0.1, 0.15) is 23.7 Å². The van der Waals surface area contributed by atoms with E-state index in [4.69, 9.17) is 4.74 Å². The lowest BCUT2D eigenvalue weighted by molar-refractivity contribution is 0.101. The number of sulfonamides is 1. The first-order chi connectivity index (χ1) is 9.01. The van der Waals surface area contributed by atoms with Gasteiger partial charge >= 0.3 is 0 Å². The molecule has 104 valence electrons. The van der Waals surface area contributed by atoms with E-state index in [0.29, 0.717) is 38.3 Å². The fourth-order valence-electron chi connectivity index (χ4n) is 1.99. The molecule has 1 fully saturated rings. The van der Waals surface area contributed by atoms with Crippen LogP contribution in [-0.2, 0) is 14.8 Å². The monoisotopic (exact) mass is 283 g/mol. The minimum atomic E-state index is -3.54. The van der Waals surface area contributed by atoms with Crippen LogP contribution in [0.3, 0.4) is 0 Å². The molecule has 19 heavy (non-hydrogen) atoms. The number of ether oxygens (including phenoxy) is 1. The van der Waals surface area contributed by atoms with Crippen molar-refractivity contribution in [2.24, 2.45) is 0 Å². The smallest absolute Gasteiger partial charge is 0.243 e. The highest BCUT2D eigenvalue weighted by molar-refractivity contribution is 7.89. The second-order valence-corrected chi connectivity index (χ2v) is 6.39. The van der Waals surface area contributed by atoms with Crippen LogP contribution in [-0.4, -0.2) is 44.8 Å². The van der Waals surface area contributed by atoms with Gasteiger partial charge in [0.2, 0.25) is 10.0 Å². The summed E-state index contributed by atoms with van der Waals surface area (Å²) in [6.07, 6.45) is 0.686. The maximum absolute atomic E-state index is 12.5. The molecule has 1 aliphatic rings. The highest BCUT2D eigenvalue weighted by atomic mass is 32.2. The Morgan fingerprint density at radius 2 is 2.05 bits per heavy atom. The van der Waals surface area contributed by atoms with Crippen LogP contribution < -0.4 is 0 Å². The summed E-state index contributed by atoms with van der Waals surface area (Å²) in [4.78, 5) is 11.5. The predicted molar refractivity (Wildman–Crippen MR) is 70.6 cm³/mol. The molecule has 1 heterocycles. The number of ketones is 1. The molecule has 1 saturated heterocycles. The predicted octanol–water partition coefficient (Wildman–Crippen LogP) is 1.30. The first kappa shape index (κ1) is 14.2. The van der Waals surface area contributed by atoms with E-state index in [0.717, 1.165) is 0 Å². The molecule has 1 aromatic carbocycles. The Hall–Kier alpha value is -1.24. The van der Waals surface area contributed by atoms with Crippen molar-refractivity contribution in [3.8, 4) is 0 Å². The SMILES string of the molecule is CC(=O)c1cccc(S(=O)(=O)N2CCCOCC2)c1. The van der Waals surface area contributed by atoms with Gasteiger partial charge in [-0.25, -0.2) is 8.42 Å². The fraction of sp³-hybridized carbons (Fsp3) is 0.462. The minimum Gasteiger partial charge on any atom is -0.380 e. The number of carbonyl (C=O) groups is 1. The van der Waals surface area contributed by atoms with Crippen LogP contribution in [0.5, 0.6) is 0 Å². The Morgan fingerprint density at radius 1 is 1.26 bits per heavy atom. The topological polar surface area (TPSA) is 63.7 Å². The lowest BCUT2D eigenvalue weighted by Gasteiger charge is -2.19. The zero-order valence-corrected chi connectivity index (χ0v) is 11.6. The molecule has 1 aliphatic heterocycles. The average molecular weight is 283 g/mol. The Bertz CT molecular complexity index is 560. The molecule has 0 bridgehead atoms. The van der Waals surface area contributed by atoms with Gasteiger partial charge in [-0.05, 0) is 25.5 Å². The van der Waals surface area contributed by atoms with Crippen molar-refractivity contribution >= 4 is 15.8 Å². The zero-order chi connectivity index (χ0) is 13.9. The Labute approximate surface area is 113 Å². The Kier molecular flexibility index (Phi) is 4.34. The molecule has 0 aliphatic carbocycles. The van der Waals surface area contributed by atoms with Gasteiger partial charge in [-0.3, -0.25) is 4.79 Å². The summed E-state index contributed by atoms with van der Waals surface area (Å²) >= 11 is 0. The molecular formula is C13H17NO4S. The Morgan fingerprint density at radius 3 is 2.79 bits per heavy atom. The molecule has 0 saturated carbocycles. The van der Waals surface area contributed by atoms with Crippen LogP contribution in [0.4, 0.5) is 0 Å². The summed E-state index contributed by atoms with van der Waals surface area (Å²) in [5.74, 6) is -0.142. The van der Waals surface area contributed by atoms with Crippen molar-refractivity contribution < 1.29 is 17.9 Å². The summed E-state index contributed by atoms with van der Waals surface area (Å²) < 4.78 is 31.6. The Balaban J connectivity index is 2.32. The number of hydrogen-bond donors (Lipinski definition) is 0. The van der Waals surface area contributed by atoms with Crippen molar-refractivity contribution in [2.75, 3.05) is 26.3 Å². The molecule has 6 heteroatoms. The van der Waals surface area contributed by atoms with E-state index in [1.165, 1.54) is 23.4 Å². The summed E-state index contributed by atoms with van der Waals surface area (Å²) in [5, 5.41) is 0. The lowest BCUT2D eigenvalue weighted by atomic mass is 10.2. The van der Waals surface area contributed by atoms with Gasteiger partial charge < -0.3 is 4.74 Å². The van der Waals surface area contributed by atoms with Gasteiger partial charge in [-0.15, -0.1) is 0 Å². The molecule has 0 unspecified atom stereocenters. The summed E-state index contributed by atoms with van der Waals surface area (Å²) in [5.41, 5.74) is 0.409. The third-order valence-corrected chi connectivity index (χ3v) is 4.95. The summed E-state index contributed by atoms with van der Waals surface area (Å²) in [6, 6.07) is 6.17. The normalized spacial score (nSPS) is 17.9. The van der Waals surface area contributed by atoms with E-state index < -0.39 is 10.0 Å². The molecule has 0 aromatic heterocycles. The summed E-state index contributed by atoms with van der Waals surface area (Å²) in [7, 11) is -3.54. The molecule has 0 N–H and O–H groups in total. The number of hydrogen-bond acceptors (Lipinski definition) is 4. The van der Waals surface area contributed by atoms with E-state index >= 15 is 0 Å². The van der Waals surface area contributed by atoms with Crippen molar-refractivity contribution in [2.45, 2.75) is 18.2 Å². The maximum atomic E-state index is 12.5. The number of nitrogens with zero attached hydrogens (tertiary/aromatic N) is 1. The van der Waals surface area contributed by atoms with E-state index in [1.807, 2.05) is 0 Å². The molecule has 0 atom stereocenters. The van der Waals surface area contributed by atoms with Gasteiger partial charge in [0.1, 0.15) is 0 Å². The van der Waals surface area contributed by atoms with E-state index in [2.05, 4.69) is 0 Å². The molecular weight excluding hydrogens is 266 g/mol. The van der Waals surface area contributed by atoms with Gasteiger partial charge in [0.15, 0.2) is 5.78 Å². The fourth-order valence-corrected chi connectivity index (χ4v) is 3.50. The first-order valence-electron chi connectivity index (χ1n) is 6.21. The molecule has 5 nitrogen and oxygen atoms in total. The van der Waals surface area contributed by atoms with E-state index in [9.17, 15) is 13.2 Å². The summed E-state index contributed by atoms with van der Waals surface area (Å²) in [6.45, 7) is 3.22. The molecule has 0 radical (unpaired) electrons. The quantitative estimate of drug-likeness (QED) is 0.784. The van der Waals surface area contributed by atoms with Crippen LogP contribution >= 0.6 is 0 Å². The molecule has 2 rings (SSSR count). The second-order valence-electron chi connectivity index (χ2n) is 4.45. The highest BCUT2D eigenvalue weighted by Crippen LogP contribution is 2.18. The highest BCUT2D eigenvalue weighted by Gasteiger charge is 2.25. The van der Waals surface area contributed by atoms with Crippen LogP contribution in [0, 0.1) is 0 Å². The number of benzene rings is 1. The van der Waals surface area contributed by atoms with Gasteiger partial charge in [0.25, 0.3) is 0 Å². The third-order valence-electron chi connectivity index (χ3n) is 3.06. The van der Waals surface area contributed by atoms with Gasteiger partial charge in [0, 0.05) is 25.3 Å². The molecule has 0 spiro atoms. The average Bonchev–Trinajstić information content (AvgIpc) is 2.68. The maximum Gasteiger partial charge on any atom is 0.243 e. The van der Waals surface area contributed by atoms with Crippen LogP contribution in [0.25, 0.3) is 0 Å². The minimum absolute atomic E-state index is 0.142. The van der Waals surface area contributed by atoms with Crippen molar-refractivity contribution in [3.63, 3.8) is 0 Å². The number of carbonyl (C=O) groups excluding carboxylic acids is 1. The van der Waals surface area contributed by atoms with Crippen LogP contribution in [0.15, 0.2) is 29.2 Å². The number of Topliss-reactive ketones (excluding diaryl/α,β-unsaturated/α-hetero) is 1. The first-order valence-corrected chi connectivity index (χ1v) is 7.65. The number of rotatable bonds is 3. The third kappa shape index (κ3) is 3.20. The second kappa shape index (κ2) is 5.81. The van der Waals surface area contributed by atoms with Crippen molar-refractivity contribution in [1.29, 1.82) is 0 Å². The largest absolute Gasteiger partial charge is 0.380 e. The zero-order valence-electron chi connectivity index (χ0n) is 10.8. The molecule has 0 amide bonds. The van der Waals surface area contributed by atoms with E-state index in [1.54, 1.807) is 12.1 Å². The van der Waals surface area contributed by atoms with Crippen molar-refractivity contribution in [1.82, 2.24) is 4.31 Å². The lowest BCUT2D eigenvalue weighted by Crippen LogP contribution is -2.33. The standard InChI is InChI=1S/C13H17NO4S/c1-11(15)12-4-2-5-13(10-12)19(16,17)14-6-3-8-18-9-7-14/h2,4-5,10H,3,6-9H2,1H3. The van der Waals surface area contributed by atoms with Gasteiger partial charge in [-0.2, -0.15) is 4.31 Å². The van der Waals surface area contributed by atoms with E-state index in [-0.39, 0.29) is 10.7 Å². The van der Waals surface area contributed by atoms with Gasteiger partial charge in [-0.1, -0.05) is 12.1 Å².